The van der Waals surface area contributed by atoms with Crippen molar-refractivity contribution in [1.29, 1.82) is 0 Å². The van der Waals surface area contributed by atoms with Crippen LogP contribution < -0.4 is 5.32 Å². The van der Waals surface area contributed by atoms with E-state index in [1.165, 1.54) is 0 Å². The summed E-state index contributed by atoms with van der Waals surface area (Å²) in [5, 5.41) is 15.7. The first-order valence-corrected chi connectivity index (χ1v) is 6.50. The highest BCUT2D eigenvalue weighted by molar-refractivity contribution is 4.88. The molecule has 7 heteroatoms. The molecule has 102 valence electrons. The standard InChI is InChI=1S/C12H18N6O/c1-10(7-17-5-2-3-14-17)15-11-8-19-9-12(11)18-6-4-13-16-18/h2-6,10-12,15H,7-9H2,1H3/t10?,11-,12+/m0/s1. The molecule has 0 spiro atoms. The fraction of sp³-hybridized carbons (Fsp3) is 0.583. The summed E-state index contributed by atoms with van der Waals surface area (Å²) in [6.07, 6.45) is 7.34. The van der Waals surface area contributed by atoms with Crippen molar-refractivity contribution in [2.24, 2.45) is 0 Å². The highest BCUT2D eigenvalue weighted by Crippen LogP contribution is 2.18. The summed E-state index contributed by atoms with van der Waals surface area (Å²) >= 11 is 0. The van der Waals surface area contributed by atoms with Gasteiger partial charge in [0.15, 0.2) is 0 Å². The Morgan fingerprint density at radius 3 is 3.05 bits per heavy atom. The summed E-state index contributed by atoms with van der Waals surface area (Å²) in [5.41, 5.74) is 0. The van der Waals surface area contributed by atoms with Gasteiger partial charge in [0.2, 0.25) is 0 Å². The van der Waals surface area contributed by atoms with Gasteiger partial charge in [0, 0.05) is 24.6 Å². The Kier molecular flexibility index (Phi) is 3.56. The molecule has 2 aromatic heterocycles. The lowest BCUT2D eigenvalue weighted by Gasteiger charge is -2.23. The zero-order valence-electron chi connectivity index (χ0n) is 10.9. The SMILES string of the molecule is CC(Cn1cccn1)N[C@H]1COC[C@H]1n1ccnn1. The second-order valence-electron chi connectivity index (χ2n) is 4.89. The van der Waals surface area contributed by atoms with E-state index in [0.717, 1.165) is 6.54 Å². The number of nitrogens with one attached hydrogen (secondary N) is 1. The minimum atomic E-state index is 0.211. The van der Waals surface area contributed by atoms with Gasteiger partial charge in [0.1, 0.15) is 0 Å². The number of nitrogens with zero attached hydrogens (tertiary/aromatic N) is 5. The van der Waals surface area contributed by atoms with Gasteiger partial charge < -0.3 is 10.1 Å². The van der Waals surface area contributed by atoms with Crippen LogP contribution in [0.3, 0.4) is 0 Å². The maximum atomic E-state index is 5.56. The average Bonchev–Trinajstić information content (AvgIpc) is 3.09. The van der Waals surface area contributed by atoms with E-state index in [2.05, 4.69) is 27.7 Å². The molecule has 0 bridgehead atoms. The van der Waals surface area contributed by atoms with Crippen molar-refractivity contribution in [2.45, 2.75) is 31.6 Å². The van der Waals surface area contributed by atoms with E-state index in [9.17, 15) is 0 Å². The van der Waals surface area contributed by atoms with Crippen molar-refractivity contribution in [3.63, 3.8) is 0 Å². The van der Waals surface area contributed by atoms with Crippen LogP contribution in [0.4, 0.5) is 0 Å². The molecule has 19 heavy (non-hydrogen) atoms. The minimum Gasteiger partial charge on any atom is -0.377 e. The van der Waals surface area contributed by atoms with Crippen LogP contribution in [0.1, 0.15) is 13.0 Å². The largest absolute Gasteiger partial charge is 0.377 e. The van der Waals surface area contributed by atoms with Crippen LogP contribution in [0, 0.1) is 0 Å². The van der Waals surface area contributed by atoms with Crippen LogP contribution in [0.15, 0.2) is 30.9 Å². The molecular formula is C12H18N6O. The van der Waals surface area contributed by atoms with Gasteiger partial charge in [-0.05, 0) is 13.0 Å². The van der Waals surface area contributed by atoms with E-state index in [1.54, 1.807) is 12.4 Å². The van der Waals surface area contributed by atoms with Crippen LogP contribution in [0.2, 0.25) is 0 Å². The summed E-state index contributed by atoms with van der Waals surface area (Å²) < 4.78 is 9.35. The van der Waals surface area contributed by atoms with Crippen LogP contribution in [-0.4, -0.2) is 50.1 Å². The fourth-order valence-electron chi connectivity index (χ4n) is 2.46. The molecule has 1 saturated heterocycles. The zero-order valence-corrected chi connectivity index (χ0v) is 10.9. The van der Waals surface area contributed by atoms with E-state index >= 15 is 0 Å². The third-order valence-corrected chi connectivity index (χ3v) is 3.35. The first kappa shape index (κ1) is 12.3. The molecular weight excluding hydrogens is 244 g/mol. The normalized spacial score (nSPS) is 24.7. The van der Waals surface area contributed by atoms with E-state index in [-0.39, 0.29) is 12.1 Å². The fourth-order valence-corrected chi connectivity index (χ4v) is 2.46. The first-order valence-electron chi connectivity index (χ1n) is 6.50. The smallest absolute Gasteiger partial charge is 0.0945 e. The molecule has 1 unspecified atom stereocenters. The first-order chi connectivity index (χ1) is 9.33. The maximum absolute atomic E-state index is 5.56. The van der Waals surface area contributed by atoms with Gasteiger partial charge in [-0.2, -0.15) is 5.10 Å². The van der Waals surface area contributed by atoms with Crippen molar-refractivity contribution in [2.75, 3.05) is 13.2 Å². The Balaban J connectivity index is 1.59. The zero-order chi connectivity index (χ0) is 13.1. The van der Waals surface area contributed by atoms with Crippen molar-refractivity contribution >= 4 is 0 Å². The van der Waals surface area contributed by atoms with Crippen LogP contribution in [-0.2, 0) is 11.3 Å². The Morgan fingerprint density at radius 1 is 1.37 bits per heavy atom. The molecule has 7 nitrogen and oxygen atoms in total. The predicted octanol–water partition coefficient (Wildman–Crippen LogP) is 0.0928. The van der Waals surface area contributed by atoms with Crippen LogP contribution >= 0.6 is 0 Å². The maximum Gasteiger partial charge on any atom is 0.0945 e. The Labute approximate surface area is 111 Å². The minimum absolute atomic E-state index is 0.211. The third-order valence-electron chi connectivity index (χ3n) is 3.35. The molecule has 3 heterocycles. The second-order valence-corrected chi connectivity index (χ2v) is 4.89. The molecule has 2 aromatic rings. The lowest BCUT2D eigenvalue weighted by atomic mass is 10.1. The van der Waals surface area contributed by atoms with Gasteiger partial charge in [-0.25, -0.2) is 4.68 Å². The average molecular weight is 262 g/mol. The van der Waals surface area contributed by atoms with E-state index in [0.29, 0.717) is 19.3 Å². The lowest BCUT2D eigenvalue weighted by Crippen LogP contribution is -2.44. The highest BCUT2D eigenvalue weighted by atomic mass is 16.5. The predicted molar refractivity (Wildman–Crippen MR) is 68.5 cm³/mol. The molecule has 0 amide bonds. The molecule has 1 aliphatic heterocycles. The Bertz CT molecular complexity index is 482. The van der Waals surface area contributed by atoms with Crippen molar-refractivity contribution in [3.8, 4) is 0 Å². The number of hydrogen-bond acceptors (Lipinski definition) is 5. The molecule has 0 radical (unpaired) electrons. The van der Waals surface area contributed by atoms with E-state index < -0.39 is 0 Å². The van der Waals surface area contributed by atoms with E-state index in [1.807, 2.05) is 27.8 Å². The molecule has 0 saturated carbocycles. The summed E-state index contributed by atoms with van der Waals surface area (Å²) in [4.78, 5) is 0. The van der Waals surface area contributed by atoms with Crippen molar-refractivity contribution in [3.05, 3.63) is 30.9 Å². The van der Waals surface area contributed by atoms with Crippen LogP contribution in [0.5, 0.6) is 0 Å². The van der Waals surface area contributed by atoms with Gasteiger partial charge in [0.25, 0.3) is 0 Å². The number of hydrogen-bond donors (Lipinski definition) is 1. The molecule has 1 fully saturated rings. The highest BCUT2D eigenvalue weighted by Gasteiger charge is 2.31. The quantitative estimate of drug-likeness (QED) is 0.827. The van der Waals surface area contributed by atoms with Gasteiger partial charge in [-0.1, -0.05) is 5.21 Å². The number of ether oxygens (including phenoxy) is 1. The summed E-state index contributed by atoms with van der Waals surface area (Å²) in [5.74, 6) is 0. The monoisotopic (exact) mass is 262 g/mol. The van der Waals surface area contributed by atoms with Crippen LogP contribution in [0.25, 0.3) is 0 Å². The van der Waals surface area contributed by atoms with Crippen molar-refractivity contribution < 1.29 is 4.74 Å². The summed E-state index contributed by atoms with van der Waals surface area (Å²) in [6, 6.07) is 2.72. The number of aromatic nitrogens is 5. The van der Waals surface area contributed by atoms with Gasteiger partial charge in [0.05, 0.1) is 38.0 Å². The number of rotatable bonds is 5. The van der Waals surface area contributed by atoms with Gasteiger partial charge in [-0.3, -0.25) is 4.68 Å². The molecule has 0 aliphatic carbocycles. The Hall–Kier alpha value is -1.73. The van der Waals surface area contributed by atoms with Gasteiger partial charge >= 0.3 is 0 Å². The van der Waals surface area contributed by atoms with E-state index in [4.69, 9.17) is 4.74 Å². The molecule has 3 rings (SSSR count). The molecule has 0 aromatic carbocycles. The van der Waals surface area contributed by atoms with Gasteiger partial charge in [-0.15, -0.1) is 5.10 Å². The lowest BCUT2D eigenvalue weighted by molar-refractivity contribution is 0.180. The van der Waals surface area contributed by atoms with Crippen molar-refractivity contribution in [1.82, 2.24) is 30.1 Å². The summed E-state index contributed by atoms with van der Waals surface area (Å²) in [7, 11) is 0. The molecule has 3 atom stereocenters. The molecule has 1 N–H and O–H groups in total. The molecule has 1 aliphatic rings. The second kappa shape index (κ2) is 5.50. The Morgan fingerprint density at radius 2 is 2.32 bits per heavy atom. The third kappa shape index (κ3) is 2.82. The topological polar surface area (TPSA) is 69.8 Å². The summed E-state index contributed by atoms with van der Waals surface area (Å²) in [6.45, 7) is 4.37.